The van der Waals surface area contributed by atoms with Gasteiger partial charge < -0.3 is 5.32 Å². The van der Waals surface area contributed by atoms with Gasteiger partial charge in [0.25, 0.3) is 0 Å². The molecular formula is C11H12ClNO. The van der Waals surface area contributed by atoms with Crippen molar-refractivity contribution in [2.45, 2.75) is 18.8 Å². The molecule has 1 aliphatic rings. The topological polar surface area (TPSA) is 29.1 Å². The molecule has 0 spiro atoms. The quantitative estimate of drug-likeness (QED) is 0.754. The normalized spacial score (nSPS) is 26.3. The second-order valence-electron chi connectivity index (χ2n) is 4.02. The van der Waals surface area contributed by atoms with Crippen LogP contribution in [0.3, 0.4) is 0 Å². The van der Waals surface area contributed by atoms with Crippen LogP contribution < -0.4 is 5.32 Å². The highest BCUT2D eigenvalue weighted by Gasteiger charge is 2.35. The summed E-state index contributed by atoms with van der Waals surface area (Å²) in [5, 5.41) is 3.58. The molecule has 2 rings (SSSR count). The molecule has 0 radical (unpaired) electrons. The van der Waals surface area contributed by atoms with E-state index in [1.54, 1.807) is 0 Å². The standard InChI is InChI=1S/C11H12ClNO/c1-11(6-10(14)13-7-11)8-2-4-9(12)5-3-8/h2-5H,6-7H2,1H3,(H,13,14). The monoisotopic (exact) mass is 209 g/mol. The van der Waals surface area contributed by atoms with Crippen LogP contribution in [0.1, 0.15) is 18.9 Å². The molecule has 3 heteroatoms. The largest absolute Gasteiger partial charge is 0.355 e. The minimum Gasteiger partial charge on any atom is -0.355 e. The SMILES string of the molecule is CC1(c2ccc(Cl)cc2)CNC(=O)C1. The maximum absolute atomic E-state index is 11.2. The van der Waals surface area contributed by atoms with Crippen molar-refractivity contribution in [2.24, 2.45) is 0 Å². The van der Waals surface area contributed by atoms with E-state index < -0.39 is 0 Å². The summed E-state index contributed by atoms with van der Waals surface area (Å²) in [4.78, 5) is 11.2. The molecular weight excluding hydrogens is 198 g/mol. The molecule has 1 amide bonds. The Morgan fingerprint density at radius 3 is 2.50 bits per heavy atom. The van der Waals surface area contributed by atoms with Crippen molar-refractivity contribution < 1.29 is 4.79 Å². The second-order valence-corrected chi connectivity index (χ2v) is 4.46. The summed E-state index contributed by atoms with van der Waals surface area (Å²) in [5.74, 6) is 0.127. The first-order chi connectivity index (χ1) is 6.60. The summed E-state index contributed by atoms with van der Waals surface area (Å²) in [5.41, 5.74) is 1.10. The predicted molar refractivity (Wildman–Crippen MR) is 56.4 cm³/mol. The third kappa shape index (κ3) is 1.62. The molecule has 1 saturated heterocycles. The Hall–Kier alpha value is -1.02. The van der Waals surface area contributed by atoms with E-state index in [1.807, 2.05) is 24.3 Å². The van der Waals surface area contributed by atoms with Crippen LogP contribution >= 0.6 is 11.6 Å². The van der Waals surface area contributed by atoms with Gasteiger partial charge in [-0.25, -0.2) is 0 Å². The van der Waals surface area contributed by atoms with Crippen molar-refractivity contribution in [3.05, 3.63) is 34.9 Å². The van der Waals surface area contributed by atoms with Crippen molar-refractivity contribution in [3.8, 4) is 0 Å². The van der Waals surface area contributed by atoms with Crippen LogP contribution in [0.4, 0.5) is 0 Å². The Bertz CT molecular complexity index is 360. The van der Waals surface area contributed by atoms with Gasteiger partial charge in [0, 0.05) is 23.4 Å². The van der Waals surface area contributed by atoms with Crippen LogP contribution in [0.25, 0.3) is 0 Å². The first-order valence-electron chi connectivity index (χ1n) is 4.63. The fourth-order valence-corrected chi connectivity index (χ4v) is 1.96. The molecule has 0 aliphatic carbocycles. The number of halogens is 1. The Balaban J connectivity index is 2.30. The molecule has 1 unspecified atom stereocenters. The summed E-state index contributed by atoms with van der Waals surface area (Å²) in [6, 6.07) is 7.71. The number of benzene rings is 1. The minimum absolute atomic E-state index is 0.0678. The molecule has 1 aromatic rings. The maximum Gasteiger partial charge on any atom is 0.220 e. The first kappa shape index (κ1) is 9.53. The van der Waals surface area contributed by atoms with Crippen molar-refractivity contribution >= 4 is 17.5 Å². The van der Waals surface area contributed by atoms with Crippen molar-refractivity contribution in [1.82, 2.24) is 5.32 Å². The molecule has 1 aromatic carbocycles. The number of carbonyl (C=O) groups excluding carboxylic acids is 1. The van der Waals surface area contributed by atoms with Crippen LogP contribution in [-0.2, 0) is 10.2 Å². The molecule has 0 aromatic heterocycles. The van der Waals surface area contributed by atoms with E-state index >= 15 is 0 Å². The van der Waals surface area contributed by atoms with Gasteiger partial charge in [0.15, 0.2) is 0 Å². The third-order valence-corrected chi connectivity index (χ3v) is 3.02. The fourth-order valence-electron chi connectivity index (χ4n) is 1.83. The summed E-state index contributed by atoms with van der Waals surface area (Å²) < 4.78 is 0. The fraction of sp³-hybridized carbons (Fsp3) is 0.364. The lowest BCUT2D eigenvalue weighted by Gasteiger charge is -2.21. The Labute approximate surface area is 88.3 Å². The molecule has 0 saturated carbocycles. The number of amides is 1. The Morgan fingerprint density at radius 2 is 2.00 bits per heavy atom. The van der Waals surface area contributed by atoms with Gasteiger partial charge in [-0.3, -0.25) is 4.79 Å². The van der Waals surface area contributed by atoms with Crippen LogP contribution in [0.5, 0.6) is 0 Å². The van der Waals surface area contributed by atoms with E-state index in [1.165, 1.54) is 5.56 Å². The van der Waals surface area contributed by atoms with E-state index in [4.69, 9.17) is 11.6 Å². The zero-order valence-electron chi connectivity index (χ0n) is 8.01. The van der Waals surface area contributed by atoms with E-state index in [-0.39, 0.29) is 11.3 Å². The molecule has 1 atom stereocenters. The summed E-state index contributed by atoms with van der Waals surface area (Å²) in [6.07, 6.45) is 0.564. The highest BCUT2D eigenvalue weighted by Crippen LogP contribution is 2.31. The molecule has 74 valence electrons. The molecule has 1 N–H and O–H groups in total. The Kier molecular flexibility index (Phi) is 2.23. The number of hydrogen-bond acceptors (Lipinski definition) is 1. The van der Waals surface area contributed by atoms with Crippen LogP contribution in [0.2, 0.25) is 5.02 Å². The first-order valence-corrected chi connectivity index (χ1v) is 5.01. The predicted octanol–water partition coefficient (Wildman–Crippen LogP) is 2.12. The van der Waals surface area contributed by atoms with Gasteiger partial charge in [0.2, 0.25) is 5.91 Å². The van der Waals surface area contributed by atoms with Gasteiger partial charge in [-0.2, -0.15) is 0 Å². The smallest absolute Gasteiger partial charge is 0.220 e. The lowest BCUT2D eigenvalue weighted by molar-refractivity contribution is -0.119. The highest BCUT2D eigenvalue weighted by molar-refractivity contribution is 6.30. The molecule has 1 aliphatic heterocycles. The number of nitrogens with one attached hydrogen (secondary N) is 1. The van der Waals surface area contributed by atoms with E-state index in [0.717, 1.165) is 5.02 Å². The van der Waals surface area contributed by atoms with Crippen LogP contribution in [0.15, 0.2) is 24.3 Å². The minimum atomic E-state index is -0.0678. The molecule has 1 fully saturated rings. The molecule has 1 heterocycles. The number of hydrogen-bond donors (Lipinski definition) is 1. The molecule has 0 bridgehead atoms. The summed E-state index contributed by atoms with van der Waals surface area (Å²) in [6.45, 7) is 2.81. The van der Waals surface area contributed by atoms with Gasteiger partial charge >= 0.3 is 0 Å². The Morgan fingerprint density at radius 1 is 1.36 bits per heavy atom. The molecule has 14 heavy (non-hydrogen) atoms. The molecule has 2 nitrogen and oxygen atoms in total. The van der Waals surface area contributed by atoms with Gasteiger partial charge in [-0.15, -0.1) is 0 Å². The lowest BCUT2D eigenvalue weighted by atomic mass is 9.82. The number of rotatable bonds is 1. The summed E-state index contributed by atoms with van der Waals surface area (Å²) >= 11 is 5.81. The van der Waals surface area contributed by atoms with Crippen LogP contribution in [-0.4, -0.2) is 12.5 Å². The zero-order chi connectivity index (χ0) is 10.2. The van der Waals surface area contributed by atoms with Crippen molar-refractivity contribution in [2.75, 3.05) is 6.54 Å². The van der Waals surface area contributed by atoms with Crippen molar-refractivity contribution in [3.63, 3.8) is 0 Å². The van der Waals surface area contributed by atoms with Crippen molar-refractivity contribution in [1.29, 1.82) is 0 Å². The van der Waals surface area contributed by atoms with Crippen LogP contribution in [0, 0.1) is 0 Å². The van der Waals surface area contributed by atoms with E-state index in [0.29, 0.717) is 13.0 Å². The van der Waals surface area contributed by atoms with Gasteiger partial charge in [-0.05, 0) is 17.7 Å². The van der Waals surface area contributed by atoms with E-state index in [9.17, 15) is 4.79 Å². The van der Waals surface area contributed by atoms with Gasteiger partial charge in [0.05, 0.1) is 0 Å². The third-order valence-electron chi connectivity index (χ3n) is 2.77. The highest BCUT2D eigenvalue weighted by atomic mass is 35.5. The van der Waals surface area contributed by atoms with Gasteiger partial charge in [-0.1, -0.05) is 30.7 Å². The summed E-state index contributed by atoms with van der Waals surface area (Å²) in [7, 11) is 0. The maximum atomic E-state index is 11.2. The average Bonchev–Trinajstić information content (AvgIpc) is 2.48. The van der Waals surface area contributed by atoms with E-state index in [2.05, 4.69) is 12.2 Å². The lowest BCUT2D eigenvalue weighted by Crippen LogP contribution is -2.24. The zero-order valence-corrected chi connectivity index (χ0v) is 8.77. The second kappa shape index (κ2) is 3.28. The van der Waals surface area contributed by atoms with Gasteiger partial charge in [0.1, 0.15) is 0 Å². The average molecular weight is 210 g/mol. The number of carbonyl (C=O) groups is 1.